The molecule has 1 aliphatic rings. The Morgan fingerprint density at radius 2 is 2.05 bits per heavy atom. The van der Waals surface area contributed by atoms with E-state index < -0.39 is 10.8 Å². The van der Waals surface area contributed by atoms with Crippen molar-refractivity contribution in [3.63, 3.8) is 0 Å². The Kier molecular flexibility index (Phi) is 5.61. The summed E-state index contributed by atoms with van der Waals surface area (Å²) in [4.78, 5) is 0. The molecule has 118 valence electrons. The first kappa shape index (κ1) is 16.7. The summed E-state index contributed by atoms with van der Waals surface area (Å²) in [7, 11) is -0.799. The first-order valence-electron chi connectivity index (χ1n) is 8.11. The zero-order valence-electron chi connectivity index (χ0n) is 13.8. The van der Waals surface area contributed by atoms with Crippen LogP contribution in [-0.2, 0) is 16.6 Å². The van der Waals surface area contributed by atoms with Gasteiger partial charge in [0.05, 0.1) is 5.25 Å². The lowest BCUT2D eigenvalue weighted by atomic mass is 9.87. The second kappa shape index (κ2) is 7.06. The van der Waals surface area contributed by atoms with Crippen molar-refractivity contribution in [3.05, 3.63) is 35.4 Å². The summed E-state index contributed by atoms with van der Waals surface area (Å²) >= 11 is 0. The SMILES string of the molecule is CCCNC1C(S(=O)Cc2ccccc2C)CCC1(C)C. The van der Waals surface area contributed by atoms with E-state index >= 15 is 0 Å². The Morgan fingerprint density at radius 1 is 1.33 bits per heavy atom. The molecule has 1 aliphatic carbocycles. The Morgan fingerprint density at radius 3 is 2.71 bits per heavy atom. The van der Waals surface area contributed by atoms with Crippen LogP contribution in [0.2, 0.25) is 0 Å². The second-order valence-corrected chi connectivity index (χ2v) is 8.60. The van der Waals surface area contributed by atoms with Crippen molar-refractivity contribution in [2.24, 2.45) is 5.41 Å². The fraction of sp³-hybridized carbons (Fsp3) is 0.667. The van der Waals surface area contributed by atoms with E-state index in [0.717, 1.165) is 19.4 Å². The Hall–Kier alpha value is -0.670. The van der Waals surface area contributed by atoms with E-state index in [-0.39, 0.29) is 10.7 Å². The average Bonchev–Trinajstić information content (AvgIpc) is 2.74. The molecule has 0 saturated heterocycles. The van der Waals surface area contributed by atoms with E-state index in [1.807, 2.05) is 12.1 Å². The highest BCUT2D eigenvalue weighted by Gasteiger charge is 2.44. The quantitative estimate of drug-likeness (QED) is 0.866. The number of hydrogen-bond donors (Lipinski definition) is 1. The molecule has 2 nitrogen and oxygen atoms in total. The predicted octanol–water partition coefficient (Wildman–Crippen LogP) is 3.80. The van der Waals surface area contributed by atoms with Crippen molar-refractivity contribution >= 4 is 10.8 Å². The standard InChI is InChI=1S/C18H29NOS/c1-5-12-19-17-16(10-11-18(17,3)4)21(20)13-15-9-7-6-8-14(15)2/h6-9,16-17,19H,5,10-13H2,1-4H3. The molecule has 1 aromatic carbocycles. The predicted molar refractivity (Wildman–Crippen MR) is 91.9 cm³/mol. The Balaban J connectivity index is 2.09. The zero-order valence-corrected chi connectivity index (χ0v) is 14.6. The van der Waals surface area contributed by atoms with E-state index in [1.165, 1.54) is 17.5 Å². The smallest absolute Gasteiger partial charge is 0.0510 e. The molecule has 21 heavy (non-hydrogen) atoms. The van der Waals surface area contributed by atoms with Gasteiger partial charge < -0.3 is 5.32 Å². The molecular weight excluding hydrogens is 278 g/mol. The Bertz CT molecular complexity index is 498. The molecule has 0 radical (unpaired) electrons. The van der Waals surface area contributed by atoms with Crippen LogP contribution in [0.4, 0.5) is 0 Å². The lowest BCUT2D eigenvalue weighted by Crippen LogP contribution is -2.46. The molecule has 3 unspecified atom stereocenters. The Labute approximate surface area is 132 Å². The highest BCUT2D eigenvalue weighted by atomic mass is 32.2. The van der Waals surface area contributed by atoms with E-state index in [0.29, 0.717) is 11.8 Å². The summed E-state index contributed by atoms with van der Waals surface area (Å²) in [5.41, 5.74) is 2.73. The van der Waals surface area contributed by atoms with Crippen LogP contribution in [0.15, 0.2) is 24.3 Å². The number of rotatable bonds is 6. The van der Waals surface area contributed by atoms with Crippen molar-refractivity contribution < 1.29 is 4.21 Å². The molecule has 0 amide bonds. The summed E-state index contributed by atoms with van der Waals surface area (Å²) in [5.74, 6) is 0.692. The van der Waals surface area contributed by atoms with E-state index in [4.69, 9.17) is 0 Å². The zero-order chi connectivity index (χ0) is 15.5. The molecule has 2 rings (SSSR count). The van der Waals surface area contributed by atoms with Crippen LogP contribution in [0.25, 0.3) is 0 Å². The maximum Gasteiger partial charge on any atom is 0.0510 e. The first-order chi connectivity index (χ1) is 9.95. The monoisotopic (exact) mass is 307 g/mol. The summed E-state index contributed by atoms with van der Waals surface area (Å²) in [5, 5.41) is 3.94. The average molecular weight is 308 g/mol. The van der Waals surface area contributed by atoms with Gasteiger partial charge in [0.2, 0.25) is 0 Å². The minimum absolute atomic E-state index is 0.251. The molecule has 0 bridgehead atoms. The van der Waals surface area contributed by atoms with Crippen LogP contribution in [0.1, 0.15) is 51.2 Å². The molecule has 3 heteroatoms. The van der Waals surface area contributed by atoms with Crippen molar-refractivity contribution in [3.8, 4) is 0 Å². The van der Waals surface area contributed by atoms with Crippen LogP contribution in [-0.4, -0.2) is 22.0 Å². The topological polar surface area (TPSA) is 29.1 Å². The van der Waals surface area contributed by atoms with E-state index in [9.17, 15) is 4.21 Å². The summed E-state index contributed by atoms with van der Waals surface area (Å²) in [6, 6.07) is 8.69. The van der Waals surface area contributed by atoms with Gasteiger partial charge in [-0.15, -0.1) is 0 Å². The molecule has 1 fully saturated rings. The molecule has 3 atom stereocenters. The molecular formula is C18H29NOS. The van der Waals surface area contributed by atoms with Crippen molar-refractivity contribution in [1.29, 1.82) is 0 Å². The highest BCUT2D eigenvalue weighted by Crippen LogP contribution is 2.40. The molecule has 0 heterocycles. The summed E-state index contributed by atoms with van der Waals surface area (Å²) in [6.45, 7) is 9.94. The second-order valence-electron chi connectivity index (χ2n) is 6.95. The summed E-state index contributed by atoms with van der Waals surface area (Å²) < 4.78 is 12.9. The third-order valence-corrected chi connectivity index (χ3v) is 6.58. The van der Waals surface area contributed by atoms with Crippen molar-refractivity contribution in [1.82, 2.24) is 5.32 Å². The van der Waals surface area contributed by atoms with Gasteiger partial charge in [-0.1, -0.05) is 45.0 Å². The third kappa shape index (κ3) is 3.95. The summed E-state index contributed by atoms with van der Waals surface area (Å²) in [6.07, 6.45) is 3.37. The fourth-order valence-electron chi connectivity index (χ4n) is 3.36. The van der Waals surface area contributed by atoms with Crippen molar-refractivity contribution in [2.75, 3.05) is 6.54 Å². The van der Waals surface area contributed by atoms with Crippen LogP contribution >= 0.6 is 0 Å². The minimum atomic E-state index is -0.799. The van der Waals surface area contributed by atoms with Crippen LogP contribution in [0.3, 0.4) is 0 Å². The fourth-order valence-corrected chi connectivity index (χ4v) is 5.36. The minimum Gasteiger partial charge on any atom is -0.312 e. The van der Waals surface area contributed by atoms with Gasteiger partial charge in [0.25, 0.3) is 0 Å². The molecule has 1 saturated carbocycles. The van der Waals surface area contributed by atoms with Gasteiger partial charge in [0.1, 0.15) is 0 Å². The normalized spacial score (nSPS) is 25.9. The maximum absolute atomic E-state index is 12.9. The molecule has 1 aromatic rings. The third-order valence-electron chi connectivity index (χ3n) is 4.80. The van der Waals surface area contributed by atoms with Gasteiger partial charge in [0, 0.05) is 22.6 Å². The van der Waals surface area contributed by atoms with Crippen LogP contribution < -0.4 is 5.32 Å². The number of hydrogen-bond acceptors (Lipinski definition) is 2. The molecule has 1 N–H and O–H groups in total. The van der Waals surface area contributed by atoms with Gasteiger partial charge in [-0.25, -0.2) is 0 Å². The van der Waals surface area contributed by atoms with Crippen molar-refractivity contribution in [2.45, 2.75) is 64.0 Å². The number of nitrogens with one attached hydrogen (secondary N) is 1. The maximum atomic E-state index is 12.9. The van der Waals surface area contributed by atoms with Gasteiger partial charge >= 0.3 is 0 Å². The lowest BCUT2D eigenvalue weighted by molar-refractivity contribution is 0.286. The molecule has 0 spiro atoms. The largest absolute Gasteiger partial charge is 0.312 e. The van der Waals surface area contributed by atoms with Crippen LogP contribution in [0.5, 0.6) is 0 Å². The van der Waals surface area contributed by atoms with E-state index in [1.54, 1.807) is 0 Å². The van der Waals surface area contributed by atoms with Gasteiger partial charge in [-0.3, -0.25) is 4.21 Å². The lowest BCUT2D eigenvalue weighted by Gasteiger charge is -2.31. The van der Waals surface area contributed by atoms with E-state index in [2.05, 4.69) is 45.1 Å². The molecule has 0 aromatic heterocycles. The van der Waals surface area contributed by atoms with Crippen LogP contribution in [0, 0.1) is 12.3 Å². The number of aryl methyl sites for hydroxylation is 1. The van der Waals surface area contributed by atoms with Gasteiger partial charge in [0.15, 0.2) is 0 Å². The highest BCUT2D eigenvalue weighted by molar-refractivity contribution is 7.84. The first-order valence-corrected chi connectivity index (χ1v) is 9.49. The number of benzene rings is 1. The van der Waals surface area contributed by atoms with Gasteiger partial charge in [-0.2, -0.15) is 0 Å². The molecule has 0 aliphatic heterocycles. The van der Waals surface area contributed by atoms with Gasteiger partial charge in [-0.05, 0) is 49.3 Å².